The molecule has 0 atom stereocenters. The monoisotopic (exact) mass is 235 g/mol. The first kappa shape index (κ1) is 14.5. The molecule has 0 saturated heterocycles. The van der Waals surface area contributed by atoms with E-state index in [-0.39, 0.29) is 0 Å². The number of rotatable bonds is 8. The first-order valence-electron chi connectivity index (χ1n) is 7.34. The van der Waals surface area contributed by atoms with E-state index in [4.69, 9.17) is 0 Å². The Bertz CT molecular complexity index is 224. The molecule has 0 radical (unpaired) electrons. The normalized spacial score (nSPS) is 17.7. The summed E-state index contributed by atoms with van der Waals surface area (Å²) in [7, 11) is 0. The molecule has 1 aliphatic rings. The fourth-order valence-corrected chi connectivity index (χ4v) is 2.53. The molecular formula is C16H29N. The third-order valence-electron chi connectivity index (χ3n) is 3.65. The summed E-state index contributed by atoms with van der Waals surface area (Å²) in [5, 5.41) is 3.69. The predicted octanol–water partition coefficient (Wildman–Crippen LogP) is 4.60. The van der Waals surface area contributed by atoms with Gasteiger partial charge in [-0.05, 0) is 52.0 Å². The van der Waals surface area contributed by atoms with Gasteiger partial charge in [-0.1, -0.05) is 43.6 Å². The summed E-state index contributed by atoms with van der Waals surface area (Å²) in [4.78, 5) is 0. The van der Waals surface area contributed by atoms with Gasteiger partial charge in [0.1, 0.15) is 0 Å². The Hall–Kier alpha value is -0.560. The van der Waals surface area contributed by atoms with Crippen molar-refractivity contribution < 1.29 is 0 Å². The van der Waals surface area contributed by atoms with Gasteiger partial charge in [0.05, 0.1) is 0 Å². The van der Waals surface area contributed by atoms with Crippen molar-refractivity contribution >= 4 is 0 Å². The largest absolute Gasteiger partial charge is 0.314 e. The van der Waals surface area contributed by atoms with Gasteiger partial charge in [0, 0.05) is 6.04 Å². The second-order valence-electron chi connectivity index (χ2n) is 5.25. The lowest BCUT2D eigenvalue weighted by Crippen LogP contribution is -2.31. The lowest BCUT2D eigenvalue weighted by Gasteiger charge is -2.22. The average Bonchev–Trinajstić information content (AvgIpc) is 2.36. The highest BCUT2D eigenvalue weighted by Crippen LogP contribution is 2.17. The van der Waals surface area contributed by atoms with Crippen LogP contribution in [0.3, 0.4) is 0 Å². The number of hydrogen-bond acceptors (Lipinski definition) is 1. The van der Waals surface area contributed by atoms with Crippen molar-refractivity contribution in [2.24, 2.45) is 0 Å². The van der Waals surface area contributed by atoms with Crippen LogP contribution in [-0.4, -0.2) is 12.6 Å². The molecule has 0 aromatic rings. The highest BCUT2D eigenvalue weighted by Gasteiger charge is 2.11. The molecule has 0 heterocycles. The van der Waals surface area contributed by atoms with E-state index in [0.29, 0.717) is 0 Å². The lowest BCUT2D eigenvalue weighted by atomic mass is 9.95. The van der Waals surface area contributed by atoms with Gasteiger partial charge >= 0.3 is 0 Å². The fourth-order valence-electron chi connectivity index (χ4n) is 2.53. The second kappa shape index (κ2) is 9.47. The smallest absolute Gasteiger partial charge is 0.00670 e. The van der Waals surface area contributed by atoms with Gasteiger partial charge in [0.25, 0.3) is 0 Å². The maximum atomic E-state index is 4.15. The molecule has 0 unspecified atom stereocenters. The third kappa shape index (κ3) is 7.38. The standard InChI is InChI=1S/C16H29N/c1-3-4-6-10-15(2)11-9-14-17-16-12-7-5-8-13-16/h3-4,16-17H,2,5-14H2,1H3/b4-3-. The topological polar surface area (TPSA) is 12.0 Å². The summed E-state index contributed by atoms with van der Waals surface area (Å²) in [5.74, 6) is 0. The summed E-state index contributed by atoms with van der Waals surface area (Å²) in [5.41, 5.74) is 1.41. The maximum absolute atomic E-state index is 4.15. The lowest BCUT2D eigenvalue weighted by molar-refractivity contribution is 0.372. The van der Waals surface area contributed by atoms with E-state index in [9.17, 15) is 0 Å². The van der Waals surface area contributed by atoms with Gasteiger partial charge in [-0.15, -0.1) is 0 Å². The van der Waals surface area contributed by atoms with Crippen LogP contribution in [0.5, 0.6) is 0 Å². The first-order valence-corrected chi connectivity index (χ1v) is 7.34. The molecule has 1 aliphatic carbocycles. The number of hydrogen-bond donors (Lipinski definition) is 1. The van der Waals surface area contributed by atoms with Gasteiger partial charge in [-0.3, -0.25) is 0 Å². The van der Waals surface area contributed by atoms with Crippen LogP contribution in [0.25, 0.3) is 0 Å². The summed E-state index contributed by atoms with van der Waals surface area (Å²) < 4.78 is 0. The van der Waals surface area contributed by atoms with E-state index in [0.717, 1.165) is 18.9 Å². The molecule has 1 saturated carbocycles. The molecule has 0 bridgehead atoms. The van der Waals surface area contributed by atoms with Gasteiger partial charge in [0.15, 0.2) is 0 Å². The van der Waals surface area contributed by atoms with Gasteiger partial charge in [-0.25, -0.2) is 0 Å². The Morgan fingerprint density at radius 2 is 2.00 bits per heavy atom. The second-order valence-corrected chi connectivity index (χ2v) is 5.25. The predicted molar refractivity (Wildman–Crippen MR) is 77.3 cm³/mol. The number of nitrogens with one attached hydrogen (secondary N) is 1. The van der Waals surface area contributed by atoms with Crippen LogP contribution < -0.4 is 5.32 Å². The molecule has 17 heavy (non-hydrogen) atoms. The molecule has 1 rings (SSSR count). The van der Waals surface area contributed by atoms with Crippen LogP contribution in [0.1, 0.15) is 64.7 Å². The quantitative estimate of drug-likeness (QED) is 0.479. The van der Waals surface area contributed by atoms with Gasteiger partial charge in [-0.2, -0.15) is 0 Å². The van der Waals surface area contributed by atoms with E-state index in [2.05, 4.69) is 31.0 Å². The number of allylic oxidation sites excluding steroid dienone is 3. The van der Waals surface area contributed by atoms with Crippen molar-refractivity contribution in [2.45, 2.75) is 70.8 Å². The van der Waals surface area contributed by atoms with E-state index in [1.807, 2.05) is 0 Å². The van der Waals surface area contributed by atoms with Crippen LogP contribution in [0.2, 0.25) is 0 Å². The highest BCUT2D eigenvalue weighted by molar-refractivity contribution is 4.96. The summed E-state index contributed by atoms with van der Waals surface area (Å²) >= 11 is 0. The Labute approximate surface area is 107 Å². The van der Waals surface area contributed by atoms with Crippen LogP contribution in [-0.2, 0) is 0 Å². The van der Waals surface area contributed by atoms with E-state index in [1.165, 1.54) is 57.1 Å². The highest BCUT2D eigenvalue weighted by atomic mass is 14.9. The van der Waals surface area contributed by atoms with E-state index in [1.54, 1.807) is 0 Å². The molecule has 0 spiro atoms. The Kier molecular flexibility index (Phi) is 8.08. The van der Waals surface area contributed by atoms with Gasteiger partial charge < -0.3 is 5.32 Å². The minimum Gasteiger partial charge on any atom is -0.314 e. The van der Waals surface area contributed by atoms with Crippen molar-refractivity contribution in [3.8, 4) is 0 Å². The van der Waals surface area contributed by atoms with Crippen LogP contribution in [0, 0.1) is 0 Å². The Balaban J connectivity index is 1.93. The SMILES string of the molecule is C=C(CC/C=C\C)CCCNC1CCCCC1. The summed E-state index contributed by atoms with van der Waals surface area (Å²) in [6, 6.07) is 0.806. The van der Waals surface area contributed by atoms with Crippen LogP contribution in [0.4, 0.5) is 0 Å². The molecule has 0 aliphatic heterocycles. The van der Waals surface area contributed by atoms with E-state index >= 15 is 0 Å². The van der Waals surface area contributed by atoms with Crippen molar-refractivity contribution in [3.63, 3.8) is 0 Å². The maximum Gasteiger partial charge on any atom is 0.00670 e. The Morgan fingerprint density at radius 3 is 2.71 bits per heavy atom. The molecule has 1 fully saturated rings. The molecule has 1 N–H and O–H groups in total. The van der Waals surface area contributed by atoms with Crippen molar-refractivity contribution in [2.75, 3.05) is 6.54 Å². The average molecular weight is 235 g/mol. The first-order chi connectivity index (χ1) is 8.33. The molecular weight excluding hydrogens is 206 g/mol. The fraction of sp³-hybridized carbons (Fsp3) is 0.750. The molecule has 1 heteroatoms. The zero-order valence-corrected chi connectivity index (χ0v) is 11.5. The molecule has 1 nitrogen and oxygen atoms in total. The van der Waals surface area contributed by atoms with E-state index < -0.39 is 0 Å². The molecule has 98 valence electrons. The molecule has 0 aromatic carbocycles. The Morgan fingerprint density at radius 1 is 1.24 bits per heavy atom. The molecule has 0 aromatic heterocycles. The zero-order valence-electron chi connectivity index (χ0n) is 11.5. The minimum absolute atomic E-state index is 0.806. The van der Waals surface area contributed by atoms with Crippen molar-refractivity contribution in [3.05, 3.63) is 24.3 Å². The molecule has 0 amide bonds. The summed E-state index contributed by atoms with van der Waals surface area (Å²) in [6.45, 7) is 7.40. The van der Waals surface area contributed by atoms with Crippen molar-refractivity contribution in [1.29, 1.82) is 0 Å². The third-order valence-corrected chi connectivity index (χ3v) is 3.65. The van der Waals surface area contributed by atoms with Crippen molar-refractivity contribution in [1.82, 2.24) is 5.32 Å². The zero-order chi connectivity index (χ0) is 12.3. The van der Waals surface area contributed by atoms with Gasteiger partial charge in [0.2, 0.25) is 0 Å². The van der Waals surface area contributed by atoms with Crippen LogP contribution in [0.15, 0.2) is 24.3 Å². The summed E-state index contributed by atoms with van der Waals surface area (Å²) in [6.07, 6.45) is 16.2. The van der Waals surface area contributed by atoms with Crippen LogP contribution >= 0.6 is 0 Å². The minimum atomic E-state index is 0.806.